The second kappa shape index (κ2) is 3.56. The van der Waals surface area contributed by atoms with Crippen molar-refractivity contribution in [2.45, 2.75) is 32.2 Å². The number of rotatable bonds is 2. The van der Waals surface area contributed by atoms with Gasteiger partial charge < -0.3 is 4.90 Å². The molecule has 1 aliphatic heterocycles. The molecule has 2 nitrogen and oxygen atoms in total. The molecule has 1 fully saturated rings. The second-order valence-electron chi connectivity index (χ2n) is 2.94. The number of carbonyl (C=O) groups excluding carboxylic acids is 1. The van der Waals surface area contributed by atoms with E-state index >= 15 is 0 Å². The Hall–Kier alpha value is -0.790. The Kier molecular flexibility index (Phi) is 2.69. The van der Waals surface area contributed by atoms with Crippen LogP contribution < -0.4 is 0 Å². The van der Waals surface area contributed by atoms with Crippen molar-refractivity contribution in [1.82, 2.24) is 4.90 Å². The van der Waals surface area contributed by atoms with E-state index in [0.29, 0.717) is 6.04 Å². The summed E-state index contributed by atoms with van der Waals surface area (Å²) in [6.45, 7) is 6.53. The summed E-state index contributed by atoms with van der Waals surface area (Å²) in [6, 6.07) is 0.473. The first kappa shape index (κ1) is 8.31. The van der Waals surface area contributed by atoms with Crippen molar-refractivity contribution in [3.8, 4) is 0 Å². The van der Waals surface area contributed by atoms with E-state index in [1.165, 1.54) is 6.08 Å². The van der Waals surface area contributed by atoms with Gasteiger partial charge in [-0.1, -0.05) is 13.5 Å². The molecule has 1 rings (SSSR count). The van der Waals surface area contributed by atoms with E-state index in [4.69, 9.17) is 0 Å². The smallest absolute Gasteiger partial charge is 0.246 e. The van der Waals surface area contributed by atoms with E-state index in [-0.39, 0.29) is 5.91 Å². The Labute approximate surface area is 67.9 Å². The van der Waals surface area contributed by atoms with E-state index in [2.05, 4.69) is 13.5 Å². The van der Waals surface area contributed by atoms with Gasteiger partial charge in [-0.3, -0.25) is 4.79 Å². The molecule has 0 aromatic heterocycles. The Morgan fingerprint density at radius 3 is 3.09 bits per heavy atom. The zero-order chi connectivity index (χ0) is 8.27. The molecule has 0 saturated carbocycles. The lowest BCUT2D eigenvalue weighted by molar-refractivity contribution is -0.126. The minimum absolute atomic E-state index is 0.0920. The molecule has 62 valence electrons. The number of carbonyl (C=O) groups is 1. The van der Waals surface area contributed by atoms with Gasteiger partial charge in [0, 0.05) is 12.6 Å². The fourth-order valence-corrected chi connectivity index (χ4v) is 1.67. The summed E-state index contributed by atoms with van der Waals surface area (Å²) in [5.74, 6) is 0.0920. The van der Waals surface area contributed by atoms with Crippen LogP contribution in [0.1, 0.15) is 26.2 Å². The fraction of sp³-hybridized carbons (Fsp3) is 0.667. The van der Waals surface area contributed by atoms with Crippen LogP contribution in [0.5, 0.6) is 0 Å². The van der Waals surface area contributed by atoms with Crippen LogP contribution in [0, 0.1) is 0 Å². The molecule has 1 saturated heterocycles. The van der Waals surface area contributed by atoms with Gasteiger partial charge in [-0.25, -0.2) is 0 Å². The van der Waals surface area contributed by atoms with Crippen molar-refractivity contribution in [2.24, 2.45) is 0 Å². The molecule has 1 amide bonds. The Morgan fingerprint density at radius 1 is 1.82 bits per heavy atom. The average molecular weight is 153 g/mol. The molecule has 11 heavy (non-hydrogen) atoms. The summed E-state index contributed by atoms with van der Waals surface area (Å²) < 4.78 is 0. The van der Waals surface area contributed by atoms with Crippen molar-refractivity contribution < 1.29 is 4.79 Å². The van der Waals surface area contributed by atoms with Crippen LogP contribution in [0.3, 0.4) is 0 Å². The van der Waals surface area contributed by atoms with Gasteiger partial charge in [-0.2, -0.15) is 0 Å². The summed E-state index contributed by atoms with van der Waals surface area (Å²) in [7, 11) is 0. The molecule has 0 aromatic rings. The number of nitrogens with zero attached hydrogens (tertiary/aromatic N) is 1. The summed E-state index contributed by atoms with van der Waals surface area (Å²) in [5.41, 5.74) is 0. The molecule has 0 aromatic carbocycles. The maximum absolute atomic E-state index is 11.2. The first-order chi connectivity index (χ1) is 5.29. The molecule has 2 heteroatoms. The van der Waals surface area contributed by atoms with Crippen LogP contribution in [0.4, 0.5) is 0 Å². The van der Waals surface area contributed by atoms with E-state index in [0.717, 1.165) is 25.8 Å². The van der Waals surface area contributed by atoms with Gasteiger partial charge in [0.15, 0.2) is 0 Å². The quantitative estimate of drug-likeness (QED) is 0.551. The average Bonchev–Trinajstić information content (AvgIpc) is 2.50. The lowest BCUT2D eigenvalue weighted by atomic mass is 10.2. The zero-order valence-electron chi connectivity index (χ0n) is 7.05. The first-order valence-corrected chi connectivity index (χ1v) is 4.22. The summed E-state index contributed by atoms with van der Waals surface area (Å²) in [6.07, 6.45) is 4.79. The molecule has 1 atom stereocenters. The van der Waals surface area contributed by atoms with Gasteiger partial charge in [-0.15, -0.1) is 0 Å². The van der Waals surface area contributed by atoms with Gasteiger partial charge in [0.1, 0.15) is 0 Å². The third-order valence-electron chi connectivity index (χ3n) is 2.31. The predicted molar refractivity (Wildman–Crippen MR) is 45.2 cm³/mol. The number of hydrogen-bond acceptors (Lipinski definition) is 1. The van der Waals surface area contributed by atoms with Crippen LogP contribution in [0.2, 0.25) is 0 Å². The van der Waals surface area contributed by atoms with E-state index in [1.807, 2.05) is 4.90 Å². The van der Waals surface area contributed by atoms with Gasteiger partial charge in [0.2, 0.25) is 5.91 Å². The maximum Gasteiger partial charge on any atom is 0.246 e. The molecule has 0 unspecified atom stereocenters. The third kappa shape index (κ3) is 1.62. The molecule has 1 heterocycles. The van der Waals surface area contributed by atoms with Crippen LogP contribution in [-0.2, 0) is 4.79 Å². The molecule has 0 spiro atoms. The summed E-state index contributed by atoms with van der Waals surface area (Å²) in [4.78, 5) is 13.1. The van der Waals surface area contributed by atoms with Crippen LogP contribution in [-0.4, -0.2) is 23.4 Å². The number of hydrogen-bond donors (Lipinski definition) is 0. The summed E-state index contributed by atoms with van der Waals surface area (Å²) in [5, 5.41) is 0. The van der Waals surface area contributed by atoms with Gasteiger partial charge in [-0.05, 0) is 25.3 Å². The van der Waals surface area contributed by atoms with Crippen molar-refractivity contribution in [3.63, 3.8) is 0 Å². The van der Waals surface area contributed by atoms with Crippen LogP contribution >= 0.6 is 0 Å². The summed E-state index contributed by atoms with van der Waals surface area (Å²) >= 11 is 0. The minimum Gasteiger partial charge on any atom is -0.336 e. The molecular formula is C9H15NO. The standard InChI is InChI=1S/C9H15NO/c1-3-8-6-5-7-10(8)9(11)4-2/h4,8H,2-3,5-7H2,1H3/t8-/m0/s1. The third-order valence-corrected chi connectivity index (χ3v) is 2.31. The number of amides is 1. The Balaban J connectivity index is 2.55. The highest BCUT2D eigenvalue weighted by atomic mass is 16.2. The number of likely N-dealkylation sites (tertiary alicyclic amines) is 1. The molecule has 0 N–H and O–H groups in total. The fourth-order valence-electron chi connectivity index (χ4n) is 1.67. The first-order valence-electron chi connectivity index (χ1n) is 4.22. The van der Waals surface area contributed by atoms with Gasteiger partial charge >= 0.3 is 0 Å². The largest absolute Gasteiger partial charge is 0.336 e. The van der Waals surface area contributed by atoms with E-state index in [9.17, 15) is 4.79 Å². The highest BCUT2D eigenvalue weighted by Crippen LogP contribution is 2.19. The molecule has 1 aliphatic rings. The second-order valence-corrected chi connectivity index (χ2v) is 2.94. The Bertz CT molecular complexity index is 165. The lowest BCUT2D eigenvalue weighted by Gasteiger charge is -2.21. The van der Waals surface area contributed by atoms with Crippen molar-refractivity contribution >= 4 is 5.91 Å². The maximum atomic E-state index is 11.2. The lowest BCUT2D eigenvalue weighted by Crippen LogP contribution is -2.33. The van der Waals surface area contributed by atoms with Crippen molar-refractivity contribution in [2.75, 3.05) is 6.54 Å². The molecule has 0 aliphatic carbocycles. The zero-order valence-corrected chi connectivity index (χ0v) is 7.05. The topological polar surface area (TPSA) is 20.3 Å². The van der Waals surface area contributed by atoms with E-state index < -0.39 is 0 Å². The van der Waals surface area contributed by atoms with Crippen LogP contribution in [0.25, 0.3) is 0 Å². The molecule has 0 bridgehead atoms. The molecule has 0 radical (unpaired) electrons. The highest BCUT2D eigenvalue weighted by molar-refractivity contribution is 5.87. The highest BCUT2D eigenvalue weighted by Gasteiger charge is 2.24. The van der Waals surface area contributed by atoms with Gasteiger partial charge in [0.05, 0.1) is 0 Å². The van der Waals surface area contributed by atoms with Crippen molar-refractivity contribution in [1.29, 1.82) is 0 Å². The monoisotopic (exact) mass is 153 g/mol. The normalized spacial score (nSPS) is 23.7. The van der Waals surface area contributed by atoms with Crippen molar-refractivity contribution in [3.05, 3.63) is 12.7 Å². The minimum atomic E-state index is 0.0920. The van der Waals surface area contributed by atoms with E-state index in [1.54, 1.807) is 0 Å². The molecular weight excluding hydrogens is 138 g/mol. The Morgan fingerprint density at radius 2 is 2.55 bits per heavy atom. The van der Waals surface area contributed by atoms with Gasteiger partial charge in [0.25, 0.3) is 0 Å². The predicted octanol–water partition coefficient (Wildman–Crippen LogP) is 1.57. The van der Waals surface area contributed by atoms with Crippen LogP contribution in [0.15, 0.2) is 12.7 Å². The SMILES string of the molecule is C=CC(=O)N1CCC[C@@H]1CC.